The van der Waals surface area contributed by atoms with Gasteiger partial charge >= 0.3 is 0 Å². The van der Waals surface area contributed by atoms with Gasteiger partial charge in [0.2, 0.25) is 11.7 Å². The van der Waals surface area contributed by atoms with E-state index in [0.29, 0.717) is 24.3 Å². The molecule has 0 unspecified atom stereocenters. The molecule has 1 aromatic carbocycles. The summed E-state index contributed by atoms with van der Waals surface area (Å²) in [5.41, 5.74) is 0.847. The molecule has 3 rings (SSSR count). The molecule has 0 bridgehead atoms. The first-order chi connectivity index (χ1) is 13.0. The van der Waals surface area contributed by atoms with Gasteiger partial charge in [-0.25, -0.2) is 0 Å². The zero-order valence-corrected chi connectivity index (χ0v) is 16.4. The van der Waals surface area contributed by atoms with E-state index in [-0.39, 0.29) is 18.5 Å². The van der Waals surface area contributed by atoms with E-state index in [9.17, 15) is 4.79 Å². The molecular weight excluding hydrogens is 342 g/mol. The van der Waals surface area contributed by atoms with E-state index in [4.69, 9.17) is 4.74 Å². The van der Waals surface area contributed by atoms with Crippen LogP contribution in [-0.4, -0.2) is 38.8 Å². The van der Waals surface area contributed by atoms with Gasteiger partial charge in [0.1, 0.15) is 12.3 Å². The minimum Gasteiger partial charge on any atom is -0.493 e. The molecule has 1 N–H and O–H groups in total. The second kappa shape index (κ2) is 8.97. The van der Waals surface area contributed by atoms with E-state index in [1.165, 1.54) is 24.1 Å². The average molecular weight is 371 g/mol. The maximum Gasteiger partial charge on any atom is 0.243 e. The summed E-state index contributed by atoms with van der Waals surface area (Å²) in [6.07, 6.45) is 4.66. The molecule has 1 aliphatic carbocycles. The monoisotopic (exact) mass is 371 g/mol. The second-order valence-corrected chi connectivity index (χ2v) is 7.81. The van der Waals surface area contributed by atoms with Crippen molar-refractivity contribution in [2.45, 2.75) is 59.0 Å². The summed E-state index contributed by atoms with van der Waals surface area (Å²) in [4.78, 5) is 13.6. The number of nitrogens with one attached hydrogen (secondary N) is 1. The van der Waals surface area contributed by atoms with Gasteiger partial charge in [-0.15, -0.1) is 10.2 Å². The Labute approximate surface area is 160 Å². The lowest BCUT2D eigenvalue weighted by Gasteiger charge is -2.29. The highest BCUT2D eigenvalue weighted by molar-refractivity contribution is 5.75. The number of rotatable bonds is 7. The molecule has 2 aromatic rings. The van der Waals surface area contributed by atoms with Crippen LogP contribution in [0.1, 0.15) is 46.5 Å². The van der Waals surface area contributed by atoms with Crippen molar-refractivity contribution in [2.24, 2.45) is 11.8 Å². The molecule has 1 amide bonds. The SMILES string of the molecule is CC(C)COc1ccc(-c2nnn(CC(=O)N[C@H]3CCCC[C@@H]3C)n2)cc1. The average Bonchev–Trinajstić information content (AvgIpc) is 3.10. The van der Waals surface area contributed by atoms with Crippen molar-refractivity contribution in [3.05, 3.63) is 24.3 Å². The van der Waals surface area contributed by atoms with E-state index >= 15 is 0 Å². The van der Waals surface area contributed by atoms with Crippen LogP contribution in [0.2, 0.25) is 0 Å². The van der Waals surface area contributed by atoms with E-state index in [0.717, 1.165) is 17.7 Å². The normalized spacial score (nSPS) is 19.9. The van der Waals surface area contributed by atoms with Crippen LogP contribution >= 0.6 is 0 Å². The molecule has 1 aromatic heterocycles. The predicted molar refractivity (Wildman–Crippen MR) is 103 cm³/mol. The lowest BCUT2D eigenvalue weighted by molar-refractivity contribution is -0.123. The topological polar surface area (TPSA) is 81.9 Å². The number of hydrogen-bond donors (Lipinski definition) is 1. The molecule has 0 radical (unpaired) electrons. The van der Waals surface area contributed by atoms with Crippen LogP contribution in [0.3, 0.4) is 0 Å². The van der Waals surface area contributed by atoms with Crippen LogP contribution in [0.25, 0.3) is 11.4 Å². The van der Waals surface area contributed by atoms with Crippen molar-refractivity contribution in [1.82, 2.24) is 25.5 Å². The maximum absolute atomic E-state index is 12.3. The Balaban J connectivity index is 1.55. The fraction of sp³-hybridized carbons (Fsp3) is 0.600. The number of carbonyl (C=O) groups excluding carboxylic acids is 1. The smallest absolute Gasteiger partial charge is 0.243 e. The molecule has 0 aliphatic heterocycles. The van der Waals surface area contributed by atoms with Gasteiger partial charge in [-0.3, -0.25) is 4.79 Å². The maximum atomic E-state index is 12.3. The number of ether oxygens (including phenoxy) is 1. The number of hydrogen-bond acceptors (Lipinski definition) is 5. The van der Waals surface area contributed by atoms with Gasteiger partial charge in [0.25, 0.3) is 0 Å². The molecule has 2 atom stereocenters. The quantitative estimate of drug-likeness (QED) is 0.809. The van der Waals surface area contributed by atoms with Crippen molar-refractivity contribution in [3.8, 4) is 17.1 Å². The van der Waals surface area contributed by atoms with Crippen molar-refractivity contribution >= 4 is 5.91 Å². The Hall–Kier alpha value is -2.44. The fourth-order valence-electron chi connectivity index (χ4n) is 3.30. The van der Waals surface area contributed by atoms with E-state index in [2.05, 4.69) is 41.5 Å². The van der Waals surface area contributed by atoms with Gasteiger partial charge < -0.3 is 10.1 Å². The largest absolute Gasteiger partial charge is 0.493 e. The lowest BCUT2D eigenvalue weighted by atomic mass is 9.86. The first-order valence-electron chi connectivity index (χ1n) is 9.81. The molecular formula is C20H29N5O2. The summed E-state index contributed by atoms with van der Waals surface area (Å²) < 4.78 is 5.68. The Bertz CT molecular complexity index is 741. The Morgan fingerprint density at radius 1 is 1.26 bits per heavy atom. The minimum atomic E-state index is -0.0601. The predicted octanol–water partition coefficient (Wildman–Crippen LogP) is 3.07. The Morgan fingerprint density at radius 2 is 2.00 bits per heavy atom. The van der Waals surface area contributed by atoms with Gasteiger partial charge in [-0.1, -0.05) is 33.6 Å². The van der Waals surface area contributed by atoms with Crippen molar-refractivity contribution in [3.63, 3.8) is 0 Å². The highest BCUT2D eigenvalue weighted by Crippen LogP contribution is 2.23. The van der Waals surface area contributed by atoms with Crippen LogP contribution in [0.15, 0.2) is 24.3 Å². The van der Waals surface area contributed by atoms with Gasteiger partial charge in [0, 0.05) is 11.6 Å². The van der Waals surface area contributed by atoms with E-state index < -0.39 is 0 Å². The number of nitrogens with zero attached hydrogens (tertiary/aromatic N) is 4. The zero-order valence-electron chi connectivity index (χ0n) is 16.4. The van der Waals surface area contributed by atoms with Gasteiger partial charge in [-0.2, -0.15) is 4.80 Å². The summed E-state index contributed by atoms with van der Waals surface area (Å²) in [7, 11) is 0. The lowest BCUT2D eigenvalue weighted by Crippen LogP contribution is -2.42. The van der Waals surface area contributed by atoms with Crippen molar-refractivity contribution in [1.29, 1.82) is 0 Å². The minimum absolute atomic E-state index is 0.0601. The van der Waals surface area contributed by atoms with Crippen LogP contribution in [0.4, 0.5) is 0 Å². The molecule has 0 saturated heterocycles. The third-order valence-corrected chi connectivity index (χ3v) is 4.89. The summed E-state index contributed by atoms with van der Waals surface area (Å²) in [6.45, 7) is 7.20. The summed E-state index contributed by atoms with van der Waals surface area (Å²) in [5, 5.41) is 15.5. The number of amides is 1. The summed E-state index contributed by atoms with van der Waals surface area (Å²) in [5.74, 6) is 2.27. The number of benzene rings is 1. The molecule has 146 valence electrons. The third-order valence-electron chi connectivity index (χ3n) is 4.89. The first kappa shape index (κ1) is 19.3. The van der Waals surface area contributed by atoms with Crippen LogP contribution in [-0.2, 0) is 11.3 Å². The number of tetrazole rings is 1. The molecule has 1 saturated carbocycles. The van der Waals surface area contributed by atoms with E-state index in [1.54, 1.807) is 0 Å². The van der Waals surface area contributed by atoms with Crippen LogP contribution < -0.4 is 10.1 Å². The Kier molecular flexibility index (Phi) is 6.42. The molecule has 27 heavy (non-hydrogen) atoms. The highest BCUT2D eigenvalue weighted by atomic mass is 16.5. The molecule has 1 fully saturated rings. The Morgan fingerprint density at radius 3 is 2.70 bits per heavy atom. The molecule has 0 spiro atoms. The standard InChI is InChI=1S/C20H29N5O2/c1-14(2)13-27-17-10-8-16(9-11-17)20-22-24-25(23-20)12-19(26)21-18-7-5-4-6-15(18)3/h8-11,14-15,18H,4-7,12-13H2,1-3H3,(H,21,26)/t15-,18-/m0/s1. The first-order valence-corrected chi connectivity index (χ1v) is 9.81. The molecule has 7 heteroatoms. The summed E-state index contributed by atoms with van der Waals surface area (Å²) in [6, 6.07) is 7.86. The van der Waals surface area contributed by atoms with Gasteiger partial charge in [0.15, 0.2) is 0 Å². The molecule has 1 heterocycles. The fourth-order valence-corrected chi connectivity index (χ4v) is 3.30. The van der Waals surface area contributed by atoms with E-state index in [1.807, 2.05) is 24.3 Å². The zero-order chi connectivity index (χ0) is 19.2. The third kappa shape index (κ3) is 5.52. The van der Waals surface area contributed by atoms with Crippen LogP contribution in [0, 0.1) is 11.8 Å². The van der Waals surface area contributed by atoms with Crippen molar-refractivity contribution in [2.75, 3.05) is 6.61 Å². The van der Waals surface area contributed by atoms with Crippen LogP contribution in [0.5, 0.6) is 5.75 Å². The van der Waals surface area contributed by atoms with Gasteiger partial charge in [-0.05, 0) is 54.2 Å². The molecule has 1 aliphatic rings. The van der Waals surface area contributed by atoms with Gasteiger partial charge in [0.05, 0.1) is 6.61 Å². The number of aromatic nitrogens is 4. The number of carbonyl (C=O) groups is 1. The second-order valence-electron chi connectivity index (χ2n) is 7.81. The molecule has 7 nitrogen and oxygen atoms in total. The highest BCUT2D eigenvalue weighted by Gasteiger charge is 2.23. The van der Waals surface area contributed by atoms with Crippen molar-refractivity contribution < 1.29 is 9.53 Å². The summed E-state index contributed by atoms with van der Waals surface area (Å²) >= 11 is 0.